The van der Waals surface area contributed by atoms with Crippen molar-refractivity contribution in [1.82, 2.24) is 0 Å². The van der Waals surface area contributed by atoms with Crippen LogP contribution in [-0.2, 0) is 9.47 Å². The van der Waals surface area contributed by atoms with E-state index in [0.717, 1.165) is 6.42 Å². The largest absolute Gasteiger partial charge is 0.322 e. The molecule has 0 spiro atoms. The average molecular weight is 158 g/mol. The van der Waals surface area contributed by atoms with Crippen LogP contribution in [0.25, 0.3) is 0 Å². The zero-order chi connectivity index (χ0) is 8.32. The normalized spacial score (nSPS) is 23.2. The highest BCUT2D eigenvalue weighted by Gasteiger charge is 2.37. The fraction of sp³-hybridized carbons (Fsp3) is 1.00. The Bertz CT molecular complexity index is 113. The summed E-state index contributed by atoms with van der Waals surface area (Å²) in [6.07, 6.45) is 4.89. The maximum absolute atomic E-state index is 5.45. The molecule has 11 heavy (non-hydrogen) atoms. The van der Waals surface area contributed by atoms with Crippen LogP contribution >= 0.6 is 0 Å². The molecule has 2 heteroatoms. The third kappa shape index (κ3) is 2.80. The first-order valence-electron chi connectivity index (χ1n) is 4.50. The monoisotopic (exact) mass is 158 g/mol. The lowest BCUT2D eigenvalue weighted by atomic mass is 10.2. The minimum Gasteiger partial charge on any atom is -0.322 e. The molecule has 1 aliphatic rings. The standard InChI is InChI=1S/C9H18O2/c1-4-5-6-7-8-10-9(2,3)11-8/h8H,4-7H2,1-3H3. The summed E-state index contributed by atoms with van der Waals surface area (Å²) < 4.78 is 10.9. The van der Waals surface area contributed by atoms with Gasteiger partial charge in [-0.05, 0) is 26.7 Å². The average Bonchev–Trinajstić information content (AvgIpc) is 1.84. The van der Waals surface area contributed by atoms with Gasteiger partial charge >= 0.3 is 0 Å². The number of unbranched alkanes of at least 4 members (excludes halogenated alkanes) is 2. The fourth-order valence-electron chi connectivity index (χ4n) is 1.32. The van der Waals surface area contributed by atoms with Gasteiger partial charge in [0.25, 0.3) is 0 Å². The molecule has 0 aromatic rings. The Morgan fingerprint density at radius 2 is 1.82 bits per heavy atom. The van der Waals surface area contributed by atoms with Crippen molar-refractivity contribution >= 4 is 0 Å². The summed E-state index contributed by atoms with van der Waals surface area (Å²) >= 11 is 0. The fourth-order valence-corrected chi connectivity index (χ4v) is 1.32. The van der Waals surface area contributed by atoms with Crippen molar-refractivity contribution < 1.29 is 9.47 Å². The number of ether oxygens (including phenoxy) is 2. The molecule has 0 aromatic carbocycles. The topological polar surface area (TPSA) is 18.5 Å². The summed E-state index contributed by atoms with van der Waals surface area (Å²) in [7, 11) is 0. The van der Waals surface area contributed by atoms with Crippen LogP contribution in [0.3, 0.4) is 0 Å². The van der Waals surface area contributed by atoms with Crippen LogP contribution in [0.5, 0.6) is 0 Å². The van der Waals surface area contributed by atoms with Gasteiger partial charge in [-0.15, -0.1) is 0 Å². The van der Waals surface area contributed by atoms with Crippen LogP contribution in [0.1, 0.15) is 46.5 Å². The van der Waals surface area contributed by atoms with Crippen molar-refractivity contribution in [2.75, 3.05) is 0 Å². The molecule has 66 valence electrons. The Kier molecular flexibility index (Phi) is 2.90. The molecule has 0 radical (unpaired) electrons. The summed E-state index contributed by atoms with van der Waals surface area (Å²) in [4.78, 5) is 0. The molecule has 1 aliphatic heterocycles. The van der Waals surface area contributed by atoms with Gasteiger partial charge in [-0.25, -0.2) is 0 Å². The predicted molar refractivity (Wildman–Crippen MR) is 44.2 cm³/mol. The van der Waals surface area contributed by atoms with E-state index in [1.165, 1.54) is 19.3 Å². The molecule has 1 rings (SSSR count). The summed E-state index contributed by atoms with van der Waals surface area (Å²) in [6.45, 7) is 6.10. The van der Waals surface area contributed by atoms with Crippen molar-refractivity contribution in [3.63, 3.8) is 0 Å². The molecule has 0 atom stereocenters. The number of hydrogen-bond donors (Lipinski definition) is 0. The van der Waals surface area contributed by atoms with E-state index in [0.29, 0.717) is 0 Å². The van der Waals surface area contributed by atoms with Crippen LogP contribution in [0.4, 0.5) is 0 Å². The van der Waals surface area contributed by atoms with Crippen molar-refractivity contribution in [3.05, 3.63) is 0 Å². The minimum absolute atomic E-state index is 0.0801. The van der Waals surface area contributed by atoms with Gasteiger partial charge in [-0.3, -0.25) is 0 Å². The molecule has 1 fully saturated rings. The highest BCUT2D eigenvalue weighted by molar-refractivity contribution is 4.67. The third-order valence-corrected chi connectivity index (χ3v) is 1.87. The summed E-state index contributed by atoms with van der Waals surface area (Å²) in [5, 5.41) is 0. The Morgan fingerprint density at radius 3 is 2.27 bits per heavy atom. The first-order chi connectivity index (χ1) is 5.14. The van der Waals surface area contributed by atoms with Gasteiger partial charge in [0.2, 0.25) is 0 Å². The van der Waals surface area contributed by atoms with Gasteiger partial charge in [0.15, 0.2) is 12.1 Å². The van der Waals surface area contributed by atoms with Crippen LogP contribution < -0.4 is 0 Å². The van der Waals surface area contributed by atoms with Crippen molar-refractivity contribution in [3.8, 4) is 0 Å². The molecular formula is C9H18O2. The Balaban J connectivity index is 1.96. The van der Waals surface area contributed by atoms with E-state index < -0.39 is 0 Å². The highest BCUT2D eigenvalue weighted by Crippen LogP contribution is 2.30. The lowest BCUT2D eigenvalue weighted by Gasteiger charge is -2.42. The van der Waals surface area contributed by atoms with Crippen LogP contribution in [0, 0.1) is 0 Å². The smallest absolute Gasteiger partial charge is 0.169 e. The highest BCUT2D eigenvalue weighted by atomic mass is 16.9. The Hall–Kier alpha value is -0.0800. The molecular weight excluding hydrogens is 140 g/mol. The molecule has 0 amide bonds. The van der Waals surface area contributed by atoms with E-state index in [1.807, 2.05) is 13.8 Å². The first-order valence-corrected chi connectivity index (χ1v) is 4.50. The van der Waals surface area contributed by atoms with Crippen LogP contribution in [-0.4, -0.2) is 12.1 Å². The molecule has 0 unspecified atom stereocenters. The molecule has 0 aromatic heterocycles. The van der Waals surface area contributed by atoms with Gasteiger partial charge in [0, 0.05) is 0 Å². The van der Waals surface area contributed by atoms with E-state index in [1.54, 1.807) is 0 Å². The van der Waals surface area contributed by atoms with E-state index >= 15 is 0 Å². The van der Waals surface area contributed by atoms with Gasteiger partial charge in [0.05, 0.1) is 0 Å². The molecule has 1 heterocycles. The van der Waals surface area contributed by atoms with Crippen molar-refractivity contribution in [2.45, 2.75) is 58.5 Å². The van der Waals surface area contributed by atoms with Crippen molar-refractivity contribution in [1.29, 1.82) is 0 Å². The van der Waals surface area contributed by atoms with E-state index in [-0.39, 0.29) is 12.1 Å². The van der Waals surface area contributed by atoms with Gasteiger partial charge in [-0.1, -0.05) is 19.8 Å². The lowest BCUT2D eigenvalue weighted by molar-refractivity contribution is -0.437. The minimum atomic E-state index is -0.309. The van der Waals surface area contributed by atoms with E-state index in [4.69, 9.17) is 9.47 Å². The summed E-state index contributed by atoms with van der Waals surface area (Å²) in [6, 6.07) is 0. The maximum Gasteiger partial charge on any atom is 0.169 e. The lowest BCUT2D eigenvalue weighted by Crippen LogP contribution is -2.48. The van der Waals surface area contributed by atoms with Gasteiger partial charge < -0.3 is 9.47 Å². The third-order valence-electron chi connectivity index (χ3n) is 1.87. The zero-order valence-electron chi connectivity index (χ0n) is 7.72. The molecule has 0 aliphatic carbocycles. The SMILES string of the molecule is CCCCCC1OC(C)(C)O1. The second-order valence-electron chi connectivity index (χ2n) is 3.56. The second-order valence-corrected chi connectivity index (χ2v) is 3.56. The van der Waals surface area contributed by atoms with Crippen LogP contribution in [0.2, 0.25) is 0 Å². The molecule has 0 saturated carbocycles. The molecule has 2 nitrogen and oxygen atoms in total. The summed E-state index contributed by atoms with van der Waals surface area (Å²) in [5.74, 6) is -0.309. The van der Waals surface area contributed by atoms with Gasteiger partial charge in [-0.2, -0.15) is 0 Å². The Labute approximate surface area is 68.9 Å². The second kappa shape index (κ2) is 3.55. The quantitative estimate of drug-likeness (QED) is 0.586. The molecule has 1 saturated heterocycles. The van der Waals surface area contributed by atoms with Crippen LogP contribution in [0.15, 0.2) is 0 Å². The molecule has 0 N–H and O–H groups in total. The zero-order valence-corrected chi connectivity index (χ0v) is 7.72. The summed E-state index contributed by atoms with van der Waals surface area (Å²) in [5.41, 5.74) is 0. The predicted octanol–water partition coefficient (Wildman–Crippen LogP) is 2.68. The number of rotatable bonds is 4. The van der Waals surface area contributed by atoms with E-state index in [2.05, 4.69) is 6.92 Å². The first kappa shape index (κ1) is 9.01. The van der Waals surface area contributed by atoms with E-state index in [9.17, 15) is 0 Å². The van der Waals surface area contributed by atoms with Crippen molar-refractivity contribution in [2.24, 2.45) is 0 Å². The maximum atomic E-state index is 5.45. The molecule has 0 bridgehead atoms. The van der Waals surface area contributed by atoms with Gasteiger partial charge in [0.1, 0.15) is 0 Å². The number of hydrogen-bond acceptors (Lipinski definition) is 2. The Morgan fingerprint density at radius 1 is 1.18 bits per heavy atom.